The molecule has 0 unspecified atom stereocenters. The van der Waals surface area contributed by atoms with Gasteiger partial charge < -0.3 is 19.1 Å². The maximum atomic E-state index is 12.2. The summed E-state index contributed by atoms with van der Waals surface area (Å²) in [5.41, 5.74) is 1.08. The van der Waals surface area contributed by atoms with E-state index in [0.29, 0.717) is 44.4 Å². The Hall–Kier alpha value is -2.53. The summed E-state index contributed by atoms with van der Waals surface area (Å²) in [7, 11) is 0. The molecule has 0 spiro atoms. The molecule has 0 N–H and O–H groups in total. The predicted octanol–water partition coefficient (Wildman–Crippen LogP) is 2.50. The molecular formula is C19H21NO4. The molecule has 1 amide bonds. The Bertz CT molecular complexity index is 653. The monoisotopic (exact) mass is 327 g/mol. The number of hydrogen-bond acceptors (Lipinski definition) is 4. The van der Waals surface area contributed by atoms with Gasteiger partial charge in [0.1, 0.15) is 6.61 Å². The maximum absolute atomic E-state index is 12.2. The molecule has 0 aromatic heterocycles. The van der Waals surface area contributed by atoms with Crippen LogP contribution in [0.5, 0.6) is 11.5 Å². The molecule has 1 heterocycles. The lowest BCUT2D eigenvalue weighted by atomic mass is 10.2. The Morgan fingerprint density at radius 3 is 2.25 bits per heavy atom. The normalized spacial score (nSPS) is 14.2. The fourth-order valence-electron chi connectivity index (χ4n) is 2.47. The van der Waals surface area contributed by atoms with Crippen LogP contribution >= 0.6 is 0 Å². The second-order valence-corrected chi connectivity index (χ2v) is 5.50. The molecule has 126 valence electrons. The first-order valence-electron chi connectivity index (χ1n) is 8.07. The first-order valence-corrected chi connectivity index (χ1v) is 8.07. The zero-order valence-electron chi connectivity index (χ0n) is 13.5. The zero-order chi connectivity index (χ0) is 16.6. The van der Waals surface area contributed by atoms with Crippen LogP contribution in [0.15, 0.2) is 54.6 Å². The van der Waals surface area contributed by atoms with Gasteiger partial charge in [0.2, 0.25) is 0 Å². The number of carbonyl (C=O) groups is 1. The highest BCUT2D eigenvalue weighted by atomic mass is 16.5. The molecule has 2 aromatic carbocycles. The number of nitrogens with zero attached hydrogens (tertiary/aromatic N) is 1. The number of carbonyl (C=O) groups excluding carboxylic acids is 1. The van der Waals surface area contributed by atoms with Crippen LogP contribution in [0.1, 0.15) is 5.56 Å². The molecule has 3 rings (SSSR count). The van der Waals surface area contributed by atoms with Crippen LogP contribution in [0.25, 0.3) is 0 Å². The van der Waals surface area contributed by atoms with Crippen molar-refractivity contribution in [2.24, 2.45) is 0 Å². The third-order valence-electron chi connectivity index (χ3n) is 3.80. The van der Waals surface area contributed by atoms with E-state index in [1.807, 2.05) is 54.6 Å². The van der Waals surface area contributed by atoms with E-state index in [1.165, 1.54) is 0 Å². The van der Waals surface area contributed by atoms with Gasteiger partial charge in [-0.05, 0) is 17.7 Å². The van der Waals surface area contributed by atoms with E-state index in [2.05, 4.69) is 0 Å². The Labute approximate surface area is 141 Å². The quantitative estimate of drug-likeness (QED) is 0.818. The molecule has 1 fully saturated rings. The molecule has 1 aliphatic rings. The van der Waals surface area contributed by atoms with Crippen molar-refractivity contribution >= 4 is 5.91 Å². The van der Waals surface area contributed by atoms with Crippen molar-refractivity contribution in [2.75, 3.05) is 32.9 Å². The molecule has 24 heavy (non-hydrogen) atoms. The van der Waals surface area contributed by atoms with Crippen molar-refractivity contribution in [3.63, 3.8) is 0 Å². The summed E-state index contributed by atoms with van der Waals surface area (Å²) >= 11 is 0. The molecular weight excluding hydrogens is 306 g/mol. The summed E-state index contributed by atoms with van der Waals surface area (Å²) in [5, 5.41) is 0. The van der Waals surface area contributed by atoms with Gasteiger partial charge in [0.05, 0.1) is 13.2 Å². The molecule has 0 saturated carbocycles. The van der Waals surface area contributed by atoms with E-state index >= 15 is 0 Å². The van der Waals surface area contributed by atoms with Crippen LogP contribution < -0.4 is 9.47 Å². The summed E-state index contributed by atoms with van der Waals surface area (Å²) in [6.45, 7) is 2.87. The van der Waals surface area contributed by atoms with Crippen molar-refractivity contribution in [3.8, 4) is 11.5 Å². The van der Waals surface area contributed by atoms with Crippen molar-refractivity contribution in [2.45, 2.75) is 6.61 Å². The highest BCUT2D eigenvalue weighted by molar-refractivity contribution is 5.78. The van der Waals surface area contributed by atoms with E-state index in [9.17, 15) is 4.79 Å². The number of benzene rings is 2. The molecule has 0 atom stereocenters. The van der Waals surface area contributed by atoms with Gasteiger partial charge in [-0.15, -0.1) is 0 Å². The van der Waals surface area contributed by atoms with Gasteiger partial charge in [-0.1, -0.05) is 42.5 Å². The Morgan fingerprint density at radius 1 is 0.917 bits per heavy atom. The van der Waals surface area contributed by atoms with Gasteiger partial charge in [0, 0.05) is 13.1 Å². The van der Waals surface area contributed by atoms with Crippen LogP contribution in [-0.4, -0.2) is 43.7 Å². The van der Waals surface area contributed by atoms with E-state index in [0.717, 1.165) is 5.56 Å². The number of rotatable bonds is 6. The van der Waals surface area contributed by atoms with Crippen LogP contribution in [0.4, 0.5) is 0 Å². The Morgan fingerprint density at radius 2 is 1.54 bits per heavy atom. The van der Waals surface area contributed by atoms with Gasteiger partial charge in [-0.2, -0.15) is 0 Å². The third-order valence-corrected chi connectivity index (χ3v) is 3.80. The number of amides is 1. The van der Waals surface area contributed by atoms with E-state index < -0.39 is 0 Å². The van der Waals surface area contributed by atoms with Gasteiger partial charge in [-0.25, -0.2) is 0 Å². The van der Waals surface area contributed by atoms with Crippen molar-refractivity contribution in [1.82, 2.24) is 4.90 Å². The zero-order valence-corrected chi connectivity index (χ0v) is 13.5. The minimum atomic E-state index is -0.0313. The van der Waals surface area contributed by atoms with Gasteiger partial charge in [-0.3, -0.25) is 4.79 Å². The second-order valence-electron chi connectivity index (χ2n) is 5.50. The Kier molecular flexibility index (Phi) is 5.69. The van der Waals surface area contributed by atoms with E-state index in [4.69, 9.17) is 14.2 Å². The standard InChI is InChI=1S/C19H21NO4/c21-19(20-10-12-22-13-11-20)15-24-18-9-5-4-8-17(18)23-14-16-6-2-1-3-7-16/h1-9H,10-15H2. The number of ether oxygens (including phenoxy) is 3. The van der Waals surface area contributed by atoms with Crippen molar-refractivity contribution in [3.05, 3.63) is 60.2 Å². The summed E-state index contributed by atoms with van der Waals surface area (Å²) in [6, 6.07) is 17.3. The summed E-state index contributed by atoms with van der Waals surface area (Å²) in [6.07, 6.45) is 0. The third kappa shape index (κ3) is 4.49. The second kappa shape index (κ2) is 8.36. The fourth-order valence-corrected chi connectivity index (χ4v) is 2.47. The number of para-hydroxylation sites is 2. The van der Waals surface area contributed by atoms with E-state index in [1.54, 1.807) is 4.90 Å². The van der Waals surface area contributed by atoms with Crippen molar-refractivity contribution in [1.29, 1.82) is 0 Å². The minimum Gasteiger partial charge on any atom is -0.485 e. The minimum absolute atomic E-state index is 0.00566. The highest BCUT2D eigenvalue weighted by Crippen LogP contribution is 2.27. The van der Waals surface area contributed by atoms with Crippen LogP contribution in [0.3, 0.4) is 0 Å². The molecule has 5 nitrogen and oxygen atoms in total. The Balaban J connectivity index is 1.56. The molecule has 1 saturated heterocycles. The lowest BCUT2D eigenvalue weighted by molar-refractivity contribution is -0.137. The lowest BCUT2D eigenvalue weighted by Crippen LogP contribution is -2.43. The average Bonchev–Trinajstić information content (AvgIpc) is 2.66. The first kappa shape index (κ1) is 16.3. The largest absolute Gasteiger partial charge is 0.485 e. The number of morpholine rings is 1. The summed E-state index contributed by atoms with van der Waals surface area (Å²) in [4.78, 5) is 13.9. The van der Waals surface area contributed by atoms with Gasteiger partial charge >= 0.3 is 0 Å². The summed E-state index contributed by atoms with van der Waals surface area (Å²) in [5.74, 6) is 1.18. The van der Waals surface area contributed by atoms with Crippen LogP contribution in [0.2, 0.25) is 0 Å². The molecule has 0 aliphatic carbocycles. The maximum Gasteiger partial charge on any atom is 0.260 e. The molecule has 5 heteroatoms. The van der Waals surface area contributed by atoms with E-state index in [-0.39, 0.29) is 12.5 Å². The molecule has 2 aromatic rings. The number of hydrogen-bond donors (Lipinski definition) is 0. The predicted molar refractivity (Wildman–Crippen MR) is 90.1 cm³/mol. The average molecular weight is 327 g/mol. The fraction of sp³-hybridized carbons (Fsp3) is 0.316. The smallest absolute Gasteiger partial charge is 0.260 e. The van der Waals surface area contributed by atoms with Crippen molar-refractivity contribution < 1.29 is 19.0 Å². The molecule has 1 aliphatic heterocycles. The van der Waals surface area contributed by atoms with Gasteiger partial charge in [0.25, 0.3) is 5.91 Å². The first-order chi connectivity index (χ1) is 11.8. The highest BCUT2D eigenvalue weighted by Gasteiger charge is 2.17. The van der Waals surface area contributed by atoms with Crippen LogP contribution in [-0.2, 0) is 16.1 Å². The molecule has 0 radical (unpaired) electrons. The topological polar surface area (TPSA) is 48.0 Å². The van der Waals surface area contributed by atoms with Crippen LogP contribution in [0, 0.1) is 0 Å². The SMILES string of the molecule is O=C(COc1ccccc1OCc1ccccc1)N1CCOCC1. The van der Waals surface area contributed by atoms with Gasteiger partial charge in [0.15, 0.2) is 18.1 Å². The lowest BCUT2D eigenvalue weighted by Gasteiger charge is -2.26. The summed E-state index contributed by atoms with van der Waals surface area (Å²) < 4.78 is 16.8. The molecule has 0 bridgehead atoms.